The molecule has 0 fully saturated rings. The number of phenolic OH excluding ortho intramolecular Hbond substituents is 1. The summed E-state index contributed by atoms with van der Waals surface area (Å²) in [5.74, 6) is -0.233. The van der Waals surface area contributed by atoms with Crippen molar-refractivity contribution in [3.8, 4) is 17.1 Å². The summed E-state index contributed by atoms with van der Waals surface area (Å²) < 4.78 is 10.3. The molecule has 1 N–H and O–H groups in total. The minimum atomic E-state index is -0.522. The Kier molecular flexibility index (Phi) is 3.39. The van der Waals surface area contributed by atoms with Crippen LogP contribution in [0.4, 0.5) is 0 Å². The molecule has 0 aliphatic heterocycles. The molecule has 0 spiro atoms. The zero-order valence-electron chi connectivity index (χ0n) is 11.7. The van der Waals surface area contributed by atoms with Crippen molar-refractivity contribution in [2.24, 2.45) is 0 Å². The summed E-state index contributed by atoms with van der Waals surface area (Å²) in [4.78, 5) is 23.8. The molecule has 0 saturated heterocycles. The molecule has 0 atom stereocenters. The lowest BCUT2D eigenvalue weighted by Crippen LogP contribution is -2.05. The highest BCUT2D eigenvalue weighted by Gasteiger charge is 2.12. The van der Waals surface area contributed by atoms with E-state index in [1.54, 1.807) is 18.2 Å². The van der Waals surface area contributed by atoms with Gasteiger partial charge in [0.25, 0.3) is 0 Å². The molecule has 110 valence electrons. The van der Waals surface area contributed by atoms with Gasteiger partial charge in [0, 0.05) is 6.07 Å². The Morgan fingerprint density at radius 3 is 2.64 bits per heavy atom. The van der Waals surface area contributed by atoms with Crippen LogP contribution in [-0.2, 0) is 4.74 Å². The van der Waals surface area contributed by atoms with Crippen LogP contribution in [0.5, 0.6) is 5.75 Å². The fourth-order valence-corrected chi connectivity index (χ4v) is 2.22. The van der Waals surface area contributed by atoms with E-state index in [-0.39, 0.29) is 27.9 Å². The summed E-state index contributed by atoms with van der Waals surface area (Å²) in [7, 11) is 1.27. The summed E-state index contributed by atoms with van der Waals surface area (Å²) in [6.07, 6.45) is 0. The number of fused-ring (bicyclic) bond motifs is 1. The van der Waals surface area contributed by atoms with Crippen LogP contribution in [0.15, 0.2) is 57.7 Å². The number of carbonyl (C=O) groups excluding carboxylic acids is 1. The van der Waals surface area contributed by atoms with Gasteiger partial charge in [0.15, 0.2) is 5.43 Å². The van der Waals surface area contributed by atoms with Crippen LogP contribution < -0.4 is 5.43 Å². The first-order chi connectivity index (χ1) is 10.6. The Morgan fingerprint density at radius 1 is 1.14 bits per heavy atom. The van der Waals surface area contributed by atoms with Gasteiger partial charge in [-0.25, -0.2) is 4.79 Å². The Morgan fingerprint density at radius 2 is 1.91 bits per heavy atom. The maximum atomic E-state index is 12.3. The largest absolute Gasteiger partial charge is 0.507 e. The van der Waals surface area contributed by atoms with Crippen molar-refractivity contribution in [2.45, 2.75) is 0 Å². The van der Waals surface area contributed by atoms with Gasteiger partial charge in [0.2, 0.25) is 0 Å². The molecule has 1 aromatic heterocycles. The molecule has 22 heavy (non-hydrogen) atoms. The third-order valence-electron chi connectivity index (χ3n) is 3.32. The fraction of sp³-hybridized carbons (Fsp3) is 0.0588. The van der Waals surface area contributed by atoms with Gasteiger partial charge in [0.1, 0.15) is 17.1 Å². The first-order valence-electron chi connectivity index (χ1n) is 6.55. The molecule has 1 heterocycles. The second kappa shape index (κ2) is 5.37. The first kappa shape index (κ1) is 13.9. The van der Waals surface area contributed by atoms with Gasteiger partial charge in [-0.1, -0.05) is 12.1 Å². The number of esters is 1. The number of ether oxygens (including phenoxy) is 1. The van der Waals surface area contributed by atoms with Crippen LogP contribution >= 0.6 is 0 Å². The van der Waals surface area contributed by atoms with Crippen molar-refractivity contribution in [1.29, 1.82) is 0 Å². The van der Waals surface area contributed by atoms with Crippen LogP contribution in [0.25, 0.3) is 22.3 Å². The molecule has 2 aromatic carbocycles. The van der Waals surface area contributed by atoms with E-state index in [1.165, 1.54) is 37.4 Å². The summed E-state index contributed by atoms with van der Waals surface area (Å²) in [6.45, 7) is 0. The zero-order chi connectivity index (χ0) is 15.7. The number of aromatic hydroxyl groups is 1. The van der Waals surface area contributed by atoms with Gasteiger partial charge in [-0.05, 0) is 30.3 Å². The summed E-state index contributed by atoms with van der Waals surface area (Å²) in [6, 6.07) is 12.4. The van der Waals surface area contributed by atoms with Crippen molar-refractivity contribution in [3.05, 3.63) is 64.3 Å². The van der Waals surface area contributed by atoms with Gasteiger partial charge >= 0.3 is 5.97 Å². The highest BCUT2D eigenvalue weighted by Crippen LogP contribution is 2.29. The third kappa shape index (κ3) is 2.33. The Bertz CT molecular complexity index is 924. The average Bonchev–Trinajstić information content (AvgIpc) is 2.54. The molecule has 0 amide bonds. The number of benzene rings is 2. The lowest BCUT2D eigenvalue weighted by atomic mass is 10.1. The van der Waals surface area contributed by atoms with E-state index < -0.39 is 5.97 Å². The smallest absolute Gasteiger partial charge is 0.337 e. The maximum absolute atomic E-state index is 12.3. The molecule has 5 nitrogen and oxygen atoms in total. The lowest BCUT2D eigenvalue weighted by molar-refractivity contribution is 0.0601. The molecule has 0 saturated carbocycles. The number of carbonyl (C=O) groups is 1. The molecule has 0 radical (unpaired) electrons. The molecule has 3 aromatic rings. The van der Waals surface area contributed by atoms with E-state index in [9.17, 15) is 14.7 Å². The summed E-state index contributed by atoms with van der Waals surface area (Å²) in [5.41, 5.74) is 0.736. The van der Waals surface area contributed by atoms with Gasteiger partial charge in [0.05, 0.1) is 23.6 Å². The molecule has 5 heteroatoms. The third-order valence-corrected chi connectivity index (χ3v) is 3.32. The SMILES string of the molecule is COC(=O)c1ccc2oc(-c3ccccc3O)cc(=O)c2c1. The van der Waals surface area contributed by atoms with E-state index in [1.807, 2.05) is 0 Å². The van der Waals surface area contributed by atoms with E-state index in [2.05, 4.69) is 4.74 Å². The molecule has 0 unspecified atom stereocenters. The quantitative estimate of drug-likeness (QED) is 0.736. The lowest BCUT2D eigenvalue weighted by Gasteiger charge is -2.06. The minimum Gasteiger partial charge on any atom is -0.507 e. The standard InChI is InChI=1S/C17H12O5/c1-21-17(20)10-6-7-15-12(8-10)14(19)9-16(22-15)11-4-2-3-5-13(11)18/h2-9,18H,1H3. The van der Waals surface area contributed by atoms with Crippen molar-refractivity contribution in [1.82, 2.24) is 0 Å². The highest BCUT2D eigenvalue weighted by atomic mass is 16.5. The van der Waals surface area contributed by atoms with Crippen molar-refractivity contribution in [3.63, 3.8) is 0 Å². The number of phenols is 1. The van der Waals surface area contributed by atoms with Crippen LogP contribution in [0, 0.1) is 0 Å². The fourth-order valence-electron chi connectivity index (χ4n) is 2.22. The number of rotatable bonds is 2. The van der Waals surface area contributed by atoms with Gasteiger partial charge in [-0.3, -0.25) is 4.79 Å². The van der Waals surface area contributed by atoms with Gasteiger partial charge < -0.3 is 14.3 Å². The second-order valence-corrected chi connectivity index (χ2v) is 4.69. The van der Waals surface area contributed by atoms with Crippen LogP contribution in [-0.4, -0.2) is 18.2 Å². The van der Waals surface area contributed by atoms with Crippen molar-refractivity contribution < 1.29 is 19.1 Å². The second-order valence-electron chi connectivity index (χ2n) is 4.69. The molecular formula is C17H12O5. The zero-order valence-corrected chi connectivity index (χ0v) is 11.7. The van der Waals surface area contributed by atoms with Gasteiger partial charge in [-0.15, -0.1) is 0 Å². The molecule has 0 aliphatic carbocycles. The van der Waals surface area contributed by atoms with Gasteiger partial charge in [-0.2, -0.15) is 0 Å². The molecule has 3 rings (SSSR count). The maximum Gasteiger partial charge on any atom is 0.337 e. The molecule has 0 bridgehead atoms. The predicted molar refractivity (Wildman–Crippen MR) is 80.9 cm³/mol. The van der Waals surface area contributed by atoms with Crippen molar-refractivity contribution in [2.75, 3.05) is 7.11 Å². The predicted octanol–water partition coefficient (Wildman–Crippen LogP) is 2.95. The minimum absolute atomic E-state index is 0.0242. The monoisotopic (exact) mass is 296 g/mol. The average molecular weight is 296 g/mol. The van der Waals surface area contributed by atoms with Crippen molar-refractivity contribution >= 4 is 16.9 Å². The first-order valence-corrected chi connectivity index (χ1v) is 6.55. The summed E-state index contributed by atoms with van der Waals surface area (Å²) in [5, 5.41) is 10.1. The number of hydrogen-bond acceptors (Lipinski definition) is 5. The number of hydrogen-bond donors (Lipinski definition) is 1. The van der Waals surface area contributed by atoms with E-state index >= 15 is 0 Å². The van der Waals surface area contributed by atoms with E-state index in [0.29, 0.717) is 11.1 Å². The van der Waals surface area contributed by atoms with E-state index in [4.69, 9.17) is 4.42 Å². The van der Waals surface area contributed by atoms with E-state index in [0.717, 1.165) is 0 Å². The molecule has 0 aliphatic rings. The van der Waals surface area contributed by atoms with Crippen LogP contribution in [0.1, 0.15) is 10.4 Å². The number of para-hydroxylation sites is 1. The van der Waals surface area contributed by atoms with Crippen LogP contribution in [0.3, 0.4) is 0 Å². The normalized spacial score (nSPS) is 10.6. The Labute approximate surface area is 125 Å². The Balaban J connectivity index is 2.20. The summed E-state index contributed by atoms with van der Waals surface area (Å²) >= 11 is 0. The number of methoxy groups -OCH3 is 1. The topological polar surface area (TPSA) is 76.7 Å². The highest BCUT2D eigenvalue weighted by molar-refractivity contribution is 5.94. The van der Waals surface area contributed by atoms with Crippen LogP contribution in [0.2, 0.25) is 0 Å². The Hall–Kier alpha value is -3.08. The molecular weight excluding hydrogens is 284 g/mol.